The Bertz CT molecular complexity index is 778. The van der Waals surface area contributed by atoms with Crippen LogP contribution in [0.2, 0.25) is 5.02 Å². The Kier molecular flexibility index (Phi) is 5.04. The lowest BCUT2D eigenvalue weighted by atomic mass is 10.2. The maximum atomic E-state index is 11.9. The lowest BCUT2D eigenvalue weighted by Gasteiger charge is -2.09. The van der Waals surface area contributed by atoms with E-state index in [1.807, 2.05) is 6.92 Å². The van der Waals surface area contributed by atoms with Crippen molar-refractivity contribution in [1.29, 1.82) is 0 Å². The molecule has 0 aliphatic carbocycles. The molecule has 0 aliphatic rings. The van der Waals surface area contributed by atoms with Crippen molar-refractivity contribution in [2.24, 2.45) is 0 Å². The first kappa shape index (κ1) is 16.3. The van der Waals surface area contributed by atoms with E-state index in [-0.39, 0.29) is 22.5 Å². The predicted molar refractivity (Wildman–Crippen MR) is 86.7 cm³/mol. The number of nitrogens with one attached hydrogen (secondary N) is 1. The third kappa shape index (κ3) is 3.77. The molecule has 0 atom stereocenters. The van der Waals surface area contributed by atoms with Crippen LogP contribution in [0.5, 0.6) is 0 Å². The molecule has 2 aromatic rings. The predicted octanol–water partition coefficient (Wildman–Crippen LogP) is 1.35. The van der Waals surface area contributed by atoms with Crippen LogP contribution in [-0.2, 0) is 4.79 Å². The minimum atomic E-state index is -0.438. The van der Waals surface area contributed by atoms with Gasteiger partial charge in [-0.1, -0.05) is 23.4 Å². The minimum Gasteiger partial charge on any atom is -0.334 e. The highest BCUT2D eigenvalue weighted by Gasteiger charge is 2.11. The molecule has 2 rings (SSSR count). The Morgan fingerprint density at radius 3 is 2.82 bits per heavy atom. The van der Waals surface area contributed by atoms with Crippen LogP contribution in [0, 0.1) is 13.8 Å². The molecule has 22 heavy (non-hydrogen) atoms. The molecule has 0 saturated heterocycles. The van der Waals surface area contributed by atoms with Crippen molar-refractivity contribution in [3.63, 3.8) is 0 Å². The summed E-state index contributed by atoms with van der Waals surface area (Å²) in [7, 11) is 0. The van der Waals surface area contributed by atoms with Crippen LogP contribution in [0.15, 0.2) is 28.2 Å². The molecule has 0 unspecified atom stereocenters. The summed E-state index contributed by atoms with van der Waals surface area (Å²) in [6.45, 7) is 3.36. The summed E-state index contributed by atoms with van der Waals surface area (Å²) < 4.78 is 0.883. The summed E-state index contributed by atoms with van der Waals surface area (Å²) in [5.74, 6) is 5.40. The number of rotatable bonds is 4. The second-order valence-corrected chi connectivity index (χ2v) is 5.92. The van der Waals surface area contributed by atoms with Gasteiger partial charge in [0.1, 0.15) is 5.69 Å². The lowest BCUT2D eigenvalue weighted by Crippen LogP contribution is -2.32. The number of hydrogen-bond acceptors (Lipinski definition) is 6. The fourth-order valence-electron chi connectivity index (χ4n) is 1.65. The zero-order valence-corrected chi connectivity index (χ0v) is 13.5. The summed E-state index contributed by atoms with van der Waals surface area (Å²) in [5.41, 5.74) is 1.30. The number of aryl methyl sites for hydroxylation is 2. The van der Waals surface area contributed by atoms with Crippen molar-refractivity contribution in [1.82, 2.24) is 14.9 Å². The van der Waals surface area contributed by atoms with E-state index in [0.29, 0.717) is 10.7 Å². The highest BCUT2D eigenvalue weighted by atomic mass is 35.5. The average Bonchev–Trinajstić information content (AvgIpc) is 2.47. The van der Waals surface area contributed by atoms with Gasteiger partial charge in [-0.15, -0.1) is 10.2 Å². The van der Waals surface area contributed by atoms with Gasteiger partial charge in [-0.05, 0) is 37.6 Å². The molecule has 0 spiro atoms. The Hall–Kier alpha value is -2.06. The zero-order chi connectivity index (χ0) is 16.3. The lowest BCUT2D eigenvalue weighted by molar-refractivity contribution is -0.113. The van der Waals surface area contributed by atoms with E-state index in [1.54, 1.807) is 18.2 Å². The number of carbonyl (C=O) groups excluding carboxylic acids is 1. The molecule has 0 bridgehead atoms. The molecule has 7 nitrogen and oxygen atoms in total. The first-order valence-electron chi connectivity index (χ1n) is 6.28. The number of thioether (sulfide) groups is 1. The Morgan fingerprint density at radius 2 is 2.14 bits per heavy atom. The summed E-state index contributed by atoms with van der Waals surface area (Å²) >= 11 is 6.89. The van der Waals surface area contributed by atoms with Crippen LogP contribution >= 0.6 is 23.4 Å². The van der Waals surface area contributed by atoms with Crippen LogP contribution in [0.25, 0.3) is 0 Å². The van der Waals surface area contributed by atoms with Crippen LogP contribution < -0.4 is 16.7 Å². The first-order valence-corrected chi connectivity index (χ1v) is 7.65. The Labute approximate surface area is 135 Å². The van der Waals surface area contributed by atoms with Crippen molar-refractivity contribution in [3.8, 4) is 0 Å². The van der Waals surface area contributed by atoms with Crippen molar-refractivity contribution in [2.45, 2.75) is 19.0 Å². The molecule has 1 aromatic heterocycles. The number of benzene rings is 1. The number of nitrogens with two attached hydrogens (primary N) is 1. The van der Waals surface area contributed by atoms with E-state index in [0.717, 1.165) is 22.0 Å². The van der Waals surface area contributed by atoms with E-state index >= 15 is 0 Å². The highest BCUT2D eigenvalue weighted by Crippen LogP contribution is 2.20. The summed E-state index contributed by atoms with van der Waals surface area (Å²) in [6, 6.07) is 5.18. The fourth-order valence-corrected chi connectivity index (χ4v) is 2.53. The van der Waals surface area contributed by atoms with Gasteiger partial charge in [-0.3, -0.25) is 9.59 Å². The van der Waals surface area contributed by atoms with Gasteiger partial charge in [0.25, 0.3) is 5.56 Å². The largest absolute Gasteiger partial charge is 0.334 e. The zero-order valence-electron chi connectivity index (χ0n) is 12.0. The third-order valence-corrected chi connectivity index (χ3v) is 3.99. The quantitative estimate of drug-likeness (QED) is 0.644. The highest BCUT2D eigenvalue weighted by molar-refractivity contribution is 7.99. The molecule has 9 heteroatoms. The Balaban J connectivity index is 2.01. The molecule has 1 aromatic carbocycles. The molecule has 3 N–H and O–H groups in total. The molecular formula is C13H14ClN5O2S. The van der Waals surface area contributed by atoms with Gasteiger partial charge in [-0.25, -0.2) is 0 Å². The van der Waals surface area contributed by atoms with Crippen molar-refractivity contribution in [3.05, 3.63) is 44.8 Å². The molecule has 116 valence electrons. The maximum absolute atomic E-state index is 11.9. The second-order valence-electron chi connectivity index (χ2n) is 4.54. The van der Waals surface area contributed by atoms with Gasteiger partial charge < -0.3 is 11.2 Å². The van der Waals surface area contributed by atoms with Gasteiger partial charge >= 0.3 is 0 Å². The third-order valence-electron chi connectivity index (χ3n) is 2.81. The molecule has 1 heterocycles. The topological polar surface area (TPSA) is 103 Å². The monoisotopic (exact) mass is 339 g/mol. The first-order chi connectivity index (χ1) is 10.4. The van der Waals surface area contributed by atoms with Crippen molar-refractivity contribution >= 4 is 35.0 Å². The van der Waals surface area contributed by atoms with Crippen LogP contribution in [0.3, 0.4) is 0 Å². The SMILES string of the molecule is Cc1cc(Cl)ccc1NC(=O)CSc1nnc(C)c(=O)n1N. The van der Waals surface area contributed by atoms with Gasteiger partial charge in [0.05, 0.1) is 5.75 Å². The molecule has 0 aliphatic heterocycles. The van der Waals surface area contributed by atoms with E-state index in [9.17, 15) is 9.59 Å². The van der Waals surface area contributed by atoms with E-state index in [4.69, 9.17) is 17.4 Å². The van der Waals surface area contributed by atoms with E-state index in [1.165, 1.54) is 6.92 Å². The minimum absolute atomic E-state index is 0.0520. The molecule has 0 fully saturated rings. The smallest absolute Gasteiger partial charge is 0.294 e. The standard InChI is InChI=1S/C13H14ClN5O2S/c1-7-5-9(14)3-4-10(7)16-11(20)6-22-13-18-17-8(2)12(21)19(13)15/h3-5H,6,15H2,1-2H3,(H,16,20). The van der Waals surface area contributed by atoms with Gasteiger partial charge in [-0.2, -0.15) is 4.68 Å². The number of halogens is 1. The molecular weight excluding hydrogens is 326 g/mol. The van der Waals surface area contributed by atoms with E-state index in [2.05, 4.69) is 15.5 Å². The fraction of sp³-hybridized carbons (Fsp3) is 0.231. The van der Waals surface area contributed by atoms with Crippen LogP contribution in [0.4, 0.5) is 5.69 Å². The number of aromatic nitrogens is 3. The van der Waals surface area contributed by atoms with Crippen molar-refractivity contribution in [2.75, 3.05) is 16.9 Å². The number of amides is 1. The van der Waals surface area contributed by atoms with Crippen molar-refractivity contribution < 1.29 is 4.79 Å². The number of anilines is 1. The summed E-state index contributed by atoms with van der Waals surface area (Å²) in [4.78, 5) is 23.6. The number of carbonyl (C=O) groups is 1. The number of hydrogen-bond donors (Lipinski definition) is 2. The van der Waals surface area contributed by atoms with Crippen LogP contribution in [-0.4, -0.2) is 26.5 Å². The number of nitrogen functional groups attached to an aromatic ring is 1. The Morgan fingerprint density at radius 1 is 1.41 bits per heavy atom. The van der Waals surface area contributed by atoms with Gasteiger partial charge in [0, 0.05) is 10.7 Å². The van der Waals surface area contributed by atoms with Crippen LogP contribution in [0.1, 0.15) is 11.3 Å². The van der Waals surface area contributed by atoms with E-state index < -0.39 is 5.56 Å². The summed E-state index contributed by atoms with van der Waals surface area (Å²) in [5, 5.41) is 11.0. The maximum Gasteiger partial charge on any atom is 0.294 e. The van der Waals surface area contributed by atoms with Gasteiger partial charge in [0.15, 0.2) is 0 Å². The average molecular weight is 340 g/mol. The second kappa shape index (κ2) is 6.80. The molecule has 1 amide bonds. The molecule has 0 radical (unpaired) electrons. The summed E-state index contributed by atoms with van der Waals surface area (Å²) in [6.07, 6.45) is 0. The van der Waals surface area contributed by atoms with Gasteiger partial charge in [0.2, 0.25) is 11.1 Å². The number of nitrogens with zero attached hydrogens (tertiary/aromatic N) is 3. The molecule has 0 saturated carbocycles. The normalized spacial score (nSPS) is 10.5.